The number of allylic oxidation sites excluding steroid dienone is 7. The van der Waals surface area contributed by atoms with Crippen LogP contribution in [0.2, 0.25) is 0 Å². The molecule has 1 heterocycles. The van der Waals surface area contributed by atoms with E-state index in [1.807, 2.05) is 6.08 Å². The zero-order valence-electron chi connectivity index (χ0n) is 27.7. The molecule has 0 aromatic rings. The fraction of sp³-hybridized carbons (Fsp3) is 0.528. The number of esters is 1. The number of rotatable bonds is 5. The van der Waals surface area contributed by atoms with Crippen molar-refractivity contribution >= 4 is 29.4 Å². The molecule has 1 aliphatic heterocycles. The number of ketones is 2. The molecule has 5 atom stereocenters. The highest BCUT2D eigenvalue weighted by Crippen LogP contribution is 2.26. The molecule has 0 aromatic heterocycles. The third-order valence-corrected chi connectivity index (χ3v) is 8.81. The van der Waals surface area contributed by atoms with Gasteiger partial charge in [-0.15, -0.1) is 0 Å². The van der Waals surface area contributed by atoms with Crippen LogP contribution in [-0.4, -0.2) is 71.0 Å². The molecule has 4 unspecified atom stereocenters. The Morgan fingerprint density at radius 2 is 1.77 bits per heavy atom. The fourth-order valence-corrected chi connectivity index (χ4v) is 5.79. The molecule has 0 radical (unpaired) electrons. The van der Waals surface area contributed by atoms with Crippen LogP contribution in [0.5, 0.6) is 0 Å². The van der Waals surface area contributed by atoms with Crippen LogP contribution < -0.4 is 10.6 Å². The summed E-state index contributed by atoms with van der Waals surface area (Å²) in [7, 11) is 1.44. The summed E-state index contributed by atoms with van der Waals surface area (Å²) in [5, 5.41) is 27.3. The smallest absolute Gasteiger partial charge is 0.328 e. The maximum Gasteiger partial charge on any atom is 0.328 e. The molecule has 11 nitrogen and oxygen atoms in total. The third kappa shape index (κ3) is 11.0. The Hall–Kier alpha value is -4.09. The van der Waals surface area contributed by atoms with Gasteiger partial charge in [0.05, 0.1) is 24.3 Å². The quantitative estimate of drug-likeness (QED) is 0.148. The van der Waals surface area contributed by atoms with Crippen molar-refractivity contribution in [3.8, 4) is 0 Å². The molecule has 2 aliphatic carbocycles. The molecule has 2 amide bonds. The molecule has 11 heteroatoms. The maximum atomic E-state index is 13.1. The first-order valence-electron chi connectivity index (χ1n) is 16.3. The zero-order chi connectivity index (χ0) is 34.5. The molecule has 256 valence electrons. The Kier molecular flexibility index (Phi) is 14.6. The molecule has 1 saturated carbocycles. The Labute approximate surface area is 276 Å². The molecule has 0 saturated heterocycles. The van der Waals surface area contributed by atoms with Gasteiger partial charge in [0.15, 0.2) is 0 Å². The van der Waals surface area contributed by atoms with Gasteiger partial charge in [-0.25, -0.2) is 4.79 Å². The molecule has 47 heavy (non-hydrogen) atoms. The van der Waals surface area contributed by atoms with E-state index < -0.39 is 59.5 Å². The van der Waals surface area contributed by atoms with Gasteiger partial charge in [0.2, 0.25) is 23.4 Å². The SMILES string of the molecule is COC1\C=C/C=C/C=C/CC(OC(=O)[C@@H](C)NC(=O)C2CCCCC2)C(C)C(O)/C(C)=C/CCC2=C(O)C(=CC(=O)C2=O)NC(=O)C1. The average molecular weight is 653 g/mol. The highest BCUT2D eigenvalue weighted by atomic mass is 16.5. The highest BCUT2D eigenvalue weighted by molar-refractivity contribution is 6.48. The fourth-order valence-electron chi connectivity index (χ4n) is 5.79. The van der Waals surface area contributed by atoms with Crippen molar-refractivity contribution in [2.45, 2.75) is 103 Å². The first kappa shape index (κ1) is 37.4. The van der Waals surface area contributed by atoms with Crippen LogP contribution in [0, 0.1) is 11.8 Å². The molecule has 3 aliphatic rings. The Morgan fingerprint density at radius 1 is 1.06 bits per heavy atom. The summed E-state index contributed by atoms with van der Waals surface area (Å²) in [6.45, 7) is 5.05. The second-order valence-electron chi connectivity index (χ2n) is 12.4. The summed E-state index contributed by atoms with van der Waals surface area (Å²) in [5.74, 6) is -4.15. The largest absolute Gasteiger partial charge is 0.505 e. The number of methoxy groups -OCH3 is 1. The van der Waals surface area contributed by atoms with Crippen LogP contribution in [0.4, 0.5) is 0 Å². The van der Waals surface area contributed by atoms with Gasteiger partial charge in [-0.1, -0.05) is 68.7 Å². The van der Waals surface area contributed by atoms with Gasteiger partial charge in [0.1, 0.15) is 17.9 Å². The molecule has 4 N–H and O–H groups in total. The summed E-state index contributed by atoms with van der Waals surface area (Å²) < 4.78 is 11.2. The lowest BCUT2D eigenvalue weighted by Gasteiger charge is -2.29. The monoisotopic (exact) mass is 652 g/mol. The van der Waals surface area contributed by atoms with Crippen molar-refractivity contribution in [3.05, 3.63) is 71.2 Å². The van der Waals surface area contributed by atoms with E-state index >= 15 is 0 Å². The van der Waals surface area contributed by atoms with E-state index in [1.165, 1.54) is 7.11 Å². The van der Waals surface area contributed by atoms with E-state index in [2.05, 4.69) is 10.6 Å². The predicted molar refractivity (Wildman–Crippen MR) is 176 cm³/mol. The van der Waals surface area contributed by atoms with Gasteiger partial charge >= 0.3 is 5.97 Å². The number of carbonyl (C=O) groups excluding carboxylic acids is 5. The van der Waals surface area contributed by atoms with Crippen molar-refractivity contribution in [3.63, 3.8) is 0 Å². The molecule has 2 bridgehead atoms. The van der Waals surface area contributed by atoms with Crippen LogP contribution >= 0.6 is 0 Å². The lowest BCUT2D eigenvalue weighted by molar-refractivity contribution is -0.156. The van der Waals surface area contributed by atoms with E-state index in [1.54, 1.807) is 57.2 Å². The lowest BCUT2D eigenvalue weighted by Crippen LogP contribution is -2.45. The summed E-state index contributed by atoms with van der Waals surface area (Å²) in [5.41, 5.74) is 0.244. The number of hydrogen-bond acceptors (Lipinski definition) is 9. The van der Waals surface area contributed by atoms with Crippen LogP contribution in [-0.2, 0) is 33.4 Å². The topological polar surface area (TPSA) is 168 Å². The minimum atomic E-state index is -1.03. The average Bonchev–Trinajstić information content (AvgIpc) is 3.06. The second-order valence-corrected chi connectivity index (χ2v) is 12.4. The summed E-state index contributed by atoms with van der Waals surface area (Å²) in [4.78, 5) is 63.5. The van der Waals surface area contributed by atoms with Crippen LogP contribution in [0.25, 0.3) is 0 Å². The van der Waals surface area contributed by atoms with Gasteiger partial charge < -0.3 is 30.3 Å². The molecule has 3 rings (SSSR count). The molecule has 0 aromatic carbocycles. The summed E-state index contributed by atoms with van der Waals surface area (Å²) in [6, 6.07) is -0.865. The van der Waals surface area contributed by atoms with Gasteiger partial charge in [-0.2, -0.15) is 0 Å². The minimum Gasteiger partial charge on any atom is -0.505 e. The van der Waals surface area contributed by atoms with E-state index in [0.29, 0.717) is 5.57 Å². The molecule has 0 spiro atoms. The van der Waals surface area contributed by atoms with Crippen molar-refractivity contribution in [1.82, 2.24) is 10.6 Å². The van der Waals surface area contributed by atoms with Crippen molar-refractivity contribution < 1.29 is 43.7 Å². The van der Waals surface area contributed by atoms with Crippen molar-refractivity contribution in [1.29, 1.82) is 0 Å². The predicted octanol–water partition coefficient (Wildman–Crippen LogP) is 4.15. The van der Waals surface area contributed by atoms with Gasteiger partial charge in [0, 0.05) is 37.0 Å². The Bertz CT molecular complexity index is 1360. The Morgan fingerprint density at radius 3 is 2.47 bits per heavy atom. The molecular formula is C36H48N2O9. The second kappa shape index (κ2) is 18.3. The molecule has 1 fully saturated rings. The lowest BCUT2D eigenvalue weighted by atomic mass is 9.88. The summed E-state index contributed by atoms with van der Waals surface area (Å²) in [6.07, 6.45) is 15.7. The van der Waals surface area contributed by atoms with Crippen molar-refractivity contribution in [2.24, 2.45) is 11.8 Å². The van der Waals surface area contributed by atoms with Crippen LogP contribution in [0.15, 0.2) is 71.2 Å². The number of nitrogens with one attached hydrogen (secondary N) is 2. The van der Waals surface area contributed by atoms with E-state index in [0.717, 1.165) is 38.2 Å². The van der Waals surface area contributed by atoms with Crippen LogP contribution in [0.3, 0.4) is 0 Å². The number of amides is 2. The number of ether oxygens (including phenoxy) is 2. The number of fused-ring (bicyclic) bond motifs is 1. The standard InChI is InChI=1S/C36H48N2O9/c1-22-14-13-18-27-33(42)28(21-29(39)34(27)43)38-31(40)20-26(46-4)17-11-6-5-7-12-19-30(23(2)32(22)41)47-36(45)24(3)37-35(44)25-15-9-8-10-16-25/h5-7,11-12,14,17,21,23-26,30,32,41-42H,8-10,13,15-16,18-20H2,1-4H3,(H,37,44)(H,38,40)/b6-5+,12-7+,17-11-,22-14+/t23?,24-,26?,30?,32?/m1/s1. The maximum absolute atomic E-state index is 13.1. The zero-order valence-corrected chi connectivity index (χ0v) is 27.7. The summed E-state index contributed by atoms with van der Waals surface area (Å²) >= 11 is 0. The first-order chi connectivity index (χ1) is 22.4. The number of carbonyl (C=O) groups is 5. The van der Waals surface area contributed by atoms with Gasteiger partial charge in [0.25, 0.3) is 0 Å². The van der Waals surface area contributed by atoms with E-state index in [-0.39, 0.29) is 48.8 Å². The van der Waals surface area contributed by atoms with Crippen molar-refractivity contribution in [2.75, 3.05) is 7.11 Å². The van der Waals surface area contributed by atoms with Gasteiger partial charge in [-0.3, -0.25) is 19.2 Å². The number of hydrogen-bond donors (Lipinski definition) is 4. The Balaban J connectivity index is 1.83. The van der Waals surface area contributed by atoms with Crippen LogP contribution in [0.1, 0.15) is 78.6 Å². The van der Waals surface area contributed by atoms with E-state index in [9.17, 15) is 34.2 Å². The van der Waals surface area contributed by atoms with E-state index in [4.69, 9.17) is 9.47 Å². The van der Waals surface area contributed by atoms with Gasteiger partial charge in [-0.05, 0) is 45.1 Å². The first-order valence-corrected chi connectivity index (χ1v) is 16.3. The number of aliphatic hydroxyl groups is 2. The highest BCUT2D eigenvalue weighted by Gasteiger charge is 2.32. The normalized spacial score (nSPS) is 29.6. The minimum absolute atomic E-state index is 0.0173. The third-order valence-electron chi connectivity index (χ3n) is 8.81. The number of Topliss-reactive ketones (excluding diaryl/α,β-unsaturated/α-hetero) is 1. The number of aliphatic hydroxyl groups excluding tert-OH is 2. The molecular weight excluding hydrogens is 604 g/mol.